The molecule has 2 aromatic carbocycles. The normalized spacial score (nSPS) is 12.9. The lowest BCUT2D eigenvalue weighted by atomic mass is 10.0. The molecule has 2 heterocycles. The van der Waals surface area contributed by atoms with E-state index in [0.29, 0.717) is 42.3 Å². The number of carbonyl (C=O) groups excluding carboxylic acids is 2. The SMILES string of the molecule is CN(C(=O)c1ccc2c(c1)OCO2)[C@H](CCNC(=O)c1nccn1C)Cc1ccccc1. The van der Waals surface area contributed by atoms with Crippen molar-refractivity contribution in [2.75, 3.05) is 20.4 Å². The molecule has 1 N–H and O–H groups in total. The third-order valence-corrected chi connectivity index (χ3v) is 5.59. The monoisotopic (exact) mass is 434 g/mol. The van der Waals surface area contributed by atoms with E-state index in [0.717, 1.165) is 5.56 Å². The smallest absolute Gasteiger partial charge is 0.287 e. The molecule has 0 bridgehead atoms. The maximum Gasteiger partial charge on any atom is 0.287 e. The van der Waals surface area contributed by atoms with E-state index in [1.165, 1.54) is 0 Å². The van der Waals surface area contributed by atoms with E-state index < -0.39 is 0 Å². The lowest BCUT2D eigenvalue weighted by Crippen LogP contribution is -2.41. The first-order valence-electron chi connectivity index (χ1n) is 10.5. The second-order valence-corrected chi connectivity index (χ2v) is 7.73. The van der Waals surface area contributed by atoms with Gasteiger partial charge < -0.3 is 24.3 Å². The molecule has 3 aromatic rings. The molecule has 0 saturated carbocycles. The Morgan fingerprint density at radius 1 is 1.16 bits per heavy atom. The Morgan fingerprint density at radius 3 is 2.69 bits per heavy atom. The van der Waals surface area contributed by atoms with Crippen LogP contribution >= 0.6 is 0 Å². The van der Waals surface area contributed by atoms with Gasteiger partial charge in [0.15, 0.2) is 17.3 Å². The highest BCUT2D eigenvalue weighted by atomic mass is 16.7. The Labute approximate surface area is 186 Å². The van der Waals surface area contributed by atoms with Crippen LogP contribution in [0.4, 0.5) is 0 Å². The van der Waals surface area contributed by atoms with Gasteiger partial charge in [0.1, 0.15) is 0 Å². The van der Waals surface area contributed by atoms with Gasteiger partial charge in [-0.15, -0.1) is 0 Å². The topological polar surface area (TPSA) is 85.7 Å². The van der Waals surface area contributed by atoms with Gasteiger partial charge >= 0.3 is 0 Å². The van der Waals surface area contributed by atoms with Crippen molar-refractivity contribution < 1.29 is 19.1 Å². The summed E-state index contributed by atoms with van der Waals surface area (Å²) in [5.74, 6) is 1.22. The van der Waals surface area contributed by atoms with Crippen molar-refractivity contribution in [2.24, 2.45) is 7.05 Å². The summed E-state index contributed by atoms with van der Waals surface area (Å²) >= 11 is 0. The third kappa shape index (κ3) is 4.74. The van der Waals surface area contributed by atoms with Crippen molar-refractivity contribution in [1.29, 1.82) is 0 Å². The highest BCUT2D eigenvalue weighted by molar-refractivity contribution is 5.95. The Kier molecular flexibility index (Phi) is 6.39. The average Bonchev–Trinajstić information content (AvgIpc) is 3.46. The van der Waals surface area contributed by atoms with Crippen molar-refractivity contribution in [2.45, 2.75) is 18.9 Å². The van der Waals surface area contributed by atoms with E-state index in [9.17, 15) is 9.59 Å². The van der Waals surface area contributed by atoms with Crippen LogP contribution in [0.25, 0.3) is 0 Å². The number of benzene rings is 2. The quantitative estimate of drug-likeness (QED) is 0.589. The summed E-state index contributed by atoms with van der Waals surface area (Å²) in [5, 5.41) is 2.91. The summed E-state index contributed by atoms with van der Waals surface area (Å²) in [6, 6.07) is 15.1. The molecule has 4 rings (SSSR count). The minimum absolute atomic E-state index is 0.111. The number of imidazole rings is 1. The molecule has 8 nitrogen and oxygen atoms in total. The first-order valence-corrected chi connectivity index (χ1v) is 10.5. The fourth-order valence-corrected chi connectivity index (χ4v) is 3.73. The van der Waals surface area contributed by atoms with Gasteiger partial charge in [0.05, 0.1) is 0 Å². The van der Waals surface area contributed by atoms with Crippen LogP contribution in [0.2, 0.25) is 0 Å². The number of fused-ring (bicyclic) bond motifs is 1. The first kappa shape index (κ1) is 21.4. The van der Waals surface area contributed by atoms with E-state index in [4.69, 9.17) is 9.47 Å². The molecule has 1 aromatic heterocycles. The number of nitrogens with zero attached hydrogens (tertiary/aromatic N) is 3. The largest absolute Gasteiger partial charge is 0.454 e. The molecule has 0 fully saturated rings. The van der Waals surface area contributed by atoms with Crippen molar-refractivity contribution in [1.82, 2.24) is 19.8 Å². The number of ether oxygens (including phenoxy) is 2. The molecule has 0 aliphatic carbocycles. The molecule has 166 valence electrons. The minimum atomic E-state index is -0.235. The molecule has 32 heavy (non-hydrogen) atoms. The van der Waals surface area contributed by atoms with E-state index >= 15 is 0 Å². The summed E-state index contributed by atoms with van der Waals surface area (Å²) in [6.45, 7) is 0.580. The van der Waals surface area contributed by atoms with E-state index in [-0.39, 0.29) is 24.6 Å². The van der Waals surface area contributed by atoms with E-state index in [1.54, 1.807) is 54.2 Å². The van der Waals surface area contributed by atoms with E-state index in [1.807, 2.05) is 30.3 Å². The van der Waals surface area contributed by atoms with Gasteiger partial charge in [-0.05, 0) is 36.6 Å². The van der Waals surface area contributed by atoms with Gasteiger partial charge in [-0.2, -0.15) is 0 Å². The predicted molar refractivity (Wildman–Crippen MR) is 119 cm³/mol. The number of likely N-dealkylation sites (N-methyl/N-ethyl adjacent to an activating group) is 1. The molecule has 1 atom stereocenters. The average molecular weight is 434 g/mol. The molecule has 0 saturated heterocycles. The van der Waals surface area contributed by atoms with Crippen LogP contribution in [0.5, 0.6) is 11.5 Å². The predicted octanol–water partition coefficient (Wildman–Crippen LogP) is 2.65. The van der Waals surface area contributed by atoms with Crippen molar-refractivity contribution in [3.8, 4) is 11.5 Å². The highest BCUT2D eigenvalue weighted by Crippen LogP contribution is 2.33. The molecule has 1 aliphatic heterocycles. The number of aromatic nitrogens is 2. The number of carbonyl (C=O) groups is 2. The van der Waals surface area contributed by atoms with Crippen LogP contribution in [-0.4, -0.2) is 52.7 Å². The molecule has 2 amide bonds. The zero-order chi connectivity index (χ0) is 22.5. The van der Waals surface area contributed by atoms with Crippen molar-refractivity contribution in [3.63, 3.8) is 0 Å². The molecule has 0 radical (unpaired) electrons. The number of aryl methyl sites for hydroxylation is 1. The zero-order valence-corrected chi connectivity index (χ0v) is 18.2. The van der Waals surface area contributed by atoms with Crippen molar-refractivity contribution >= 4 is 11.8 Å². The number of hydrogen-bond acceptors (Lipinski definition) is 5. The molecule has 1 aliphatic rings. The zero-order valence-electron chi connectivity index (χ0n) is 18.2. The van der Waals surface area contributed by atoms with Crippen LogP contribution < -0.4 is 14.8 Å². The van der Waals surface area contributed by atoms with Crippen LogP contribution in [0.3, 0.4) is 0 Å². The summed E-state index contributed by atoms with van der Waals surface area (Å²) in [4.78, 5) is 31.4. The Morgan fingerprint density at radius 2 is 1.94 bits per heavy atom. The highest BCUT2D eigenvalue weighted by Gasteiger charge is 2.24. The van der Waals surface area contributed by atoms with Crippen LogP contribution in [0.15, 0.2) is 60.9 Å². The van der Waals surface area contributed by atoms with Crippen LogP contribution in [0, 0.1) is 0 Å². The van der Waals surface area contributed by atoms with Gasteiger partial charge in [-0.3, -0.25) is 9.59 Å². The third-order valence-electron chi connectivity index (χ3n) is 5.59. The van der Waals surface area contributed by atoms with E-state index in [2.05, 4.69) is 10.3 Å². The summed E-state index contributed by atoms with van der Waals surface area (Å²) in [6.07, 6.45) is 4.58. The second kappa shape index (κ2) is 9.55. The summed E-state index contributed by atoms with van der Waals surface area (Å²) < 4.78 is 12.4. The maximum atomic E-state index is 13.2. The standard InChI is InChI=1S/C24H26N4O4/c1-27-13-12-25-22(27)23(29)26-11-10-19(14-17-6-4-3-5-7-17)28(2)24(30)18-8-9-20-21(15-18)32-16-31-20/h3-9,12-13,15,19H,10-11,14,16H2,1-2H3,(H,26,29)/t19-/m1/s1. The Bertz CT molecular complexity index is 1100. The molecule has 8 heteroatoms. The fraction of sp³-hybridized carbons (Fsp3) is 0.292. The van der Waals surface area contributed by atoms with Gasteiger partial charge in [-0.25, -0.2) is 4.98 Å². The minimum Gasteiger partial charge on any atom is -0.454 e. The lowest BCUT2D eigenvalue weighted by molar-refractivity contribution is 0.0722. The number of amides is 2. The maximum absolute atomic E-state index is 13.2. The first-order chi connectivity index (χ1) is 15.5. The number of nitrogens with one attached hydrogen (secondary N) is 1. The summed E-state index contributed by atoms with van der Waals surface area (Å²) in [7, 11) is 3.57. The Balaban J connectivity index is 1.46. The molecular weight excluding hydrogens is 408 g/mol. The molecule has 0 unspecified atom stereocenters. The van der Waals surface area contributed by atoms with Gasteiger partial charge in [0.2, 0.25) is 6.79 Å². The van der Waals surface area contributed by atoms with Gasteiger partial charge in [-0.1, -0.05) is 30.3 Å². The fourth-order valence-electron chi connectivity index (χ4n) is 3.73. The summed E-state index contributed by atoms with van der Waals surface area (Å²) in [5.41, 5.74) is 1.66. The van der Waals surface area contributed by atoms with Crippen molar-refractivity contribution in [3.05, 3.63) is 77.9 Å². The number of rotatable bonds is 8. The van der Waals surface area contributed by atoms with Gasteiger partial charge in [0.25, 0.3) is 11.8 Å². The molecular formula is C24H26N4O4. The van der Waals surface area contributed by atoms with Crippen LogP contribution in [-0.2, 0) is 13.5 Å². The lowest BCUT2D eigenvalue weighted by Gasteiger charge is -2.29. The Hall–Kier alpha value is -3.81. The second-order valence-electron chi connectivity index (χ2n) is 7.73. The van der Waals surface area contributed by atoms with Crippen LogP contribution in [0.1, 0.15) is 33.0 Å². The molecule has 0 spiro atoms. The van der Waals surface area contributed by atoms with Gasteiger partial charge in [0, 0.05) is 44.6 Å². The number of hydrogen-bond donors (Lipinski definition) is 1.